The Labute approximate surface area is 131 Å². The lowest BCUT2D eigenvalue weighted by molar-refractivity contribution is 0.0768. The maximum atomic E-state index is 6.64. The molecule has 0 radical (unpaired) electrons. The molecule has 20 heavy (non-hydrogen) atoms. The Balaban J connectivity index is 2.14. The molecule has 1 aliphatic carbocycles. The van der Waals surface area contributed by atoms with Crippen molar-refractivity contribution in [2.45, 2.75) is 57.5 Å². The first-order chi connectivity index (χ1) is 9.62. The van der Waals surface area contributed by atoms with Crippen molar-refractivity contribution in [1.82, 2.24) is 9.88 Å². The van der Waals surface area contributed by atoms with E-state index >= 15 is 0 Å². The van der Waals surface area contributed by atoms with Gasteiger partial charge in [0.2, 0.25) is 0 Å². The molecule has 0 spiro atoms. The largest absolute Gasteiger partial charge is 0.326 e. The fourth-order valence-corrected chi connectivity index (χ4v) is 3.94. The lowest BCUT2D eigenvalue weighted by Crippen LogP contribution is -2.59. The van der Waals surface area contributed by atoms with E-state index in [1.807, 2.05) is 12.3 Å². The predicted octanol–water partition coefficient (Wildman–Crippen LogP) is 3.37. The summed E-state index contributed by atoms with van der Waals surface area (Å²) in [6.45, 7) is 6.65. The zero-order valence-electron chi connectivity index (χ0n) is 12.6. The summed E-state index contributed by atoms with van der Waals surface area (Å²) in [7, 11) is 0. The quantitative estimate of drug-likeness (QED) is 0.863. The maximum Gasteiger partial charge on any atom is 0.0420 e. The topological polar surface area (TPSA) is 42.1 Å². The summed E-state index contributed by atoms with van der Waals surface area (Å²) in [5.74, 6) is 0. The summed E-state index contributed by atoms with van der Waals surface area (Å²) >= 11 is 3.43. The van der Waals surface area contributed by atoms with Crippen LogP contribution in [0.2, 0.25) is 0 Å². The minimum absolute atomic E-state index is 0.165. The highest BCUT2D eigenvalue weighted by Gasteiger charge is 2.43. The van der Waals surface area contributed by atoms with Crippen molar-refractivity contribution in [2.24, 2.45) is 5.73 Å². The van der Waals surface area contributed by atoms with Crippen molar-refractivity contribution in [3.63, 3.8) is 0 Å². The van der Waals surface area contributed by atoms with Gasteiger partial charge in [0.25, 0.3) is 0 Å². The van der Waals surface area contributed by atoms with Gasteiger partial charge < -0.3 is 5.73 Å². The maximum absolute atomic E-state index is 6.64. The molecule has 2 N–H and O–H groups in total. The molecule has 1 unspecified atom stereocenters. The lowest BCUT2D eigenvalue weighted by atomic mass is 9.84. The number of nitrogens with two attached hydrogens (primary N) is 1. The fraction of sp³-hybridized carbons (Fsp3) is 0.688. The third-order valence-electron chi connectivity index (χ3n) is 4.77. The zero-order valence-corrected chi connectivity index (χ0v) is 14.2. The van der Waals surface area contributed by atoms with E-state index in [1.165, 1.54) is 25.7 Å². The fourth-order valence-electron chi connectivity index (χ4n) is 3.70. The van der Waals surface area contributed by atoms with Crippen molar-refractivity contribution in [3.05, 3.63) is 28.5 Å². The average Bonchev–Trinajstić information content (AvgIpc) is 2.93. The van der Waals surface area contributed by atoms with Gasteiger partial charge in [-0.3, -0.25) is 9.88 Å². The monoisotopic (exact) mass is 339 g/mol. The lowest BCUT2D eigenvalue weighted by Gasteiger charge is -2.44. The van der Waals surface area contributed by atoms with E-state index in [-0.39, 0.29) is 11.6 Å². The molecule has 1 fully saturated rings. The molecule has 1 heterocycles. The SMILES string of the molecule is CCN(CC)C1(C(N)Cc2ccc(Br)cn2)CCCC1. The summed E-state index contributed by atoms with van der Waals surface area (Å²) < 4.78 is 1.02. The Morgan fingerprint density at radius 1 is 1.30 bits per heavy atom. The third kappa shape index (κ3) is 3.23. The zero-order chi connectivity index (χ0) is 14.6. The Bertz CT molecular complexity index is 408. The molecule has 2 rings (SSSR count). The number of nitrogens with zero attached hydrogens (tertiary/aromatic N) is 2. The summed E-state index contributed by atoms with van der Waals surface area (Å²) in [5.41, 5.74) is 7.92. The van der Waals surface area contributed by atoms with Crippen LogP contribution in [0.25, 0.3) is 0 Å². The van der Waals surface area contributed by atoms with Crippen molar-refractivity contribution in [2.75, 3.05) is 13.1 Å². The highest BCUT2D eigenvalue weighted by molar-refractivity contribution is 9.10. The minimum atomic E-state index is 0.165. The van der Waals surface area contributed by atoms with Gasteiger partial charge in [0, 0.05) is 34.4 Å². The molecule has 4 heteroatoms. The number of pyridine rings is 1. The Kier molecular flexibility index (Phi) is 5.58. The number of halogens is 1. The van der Waals surface area contributed by atoms with Crippen LogP contribution in [0, 0.1) is 0 Å². The van der Waals surface area contributed by atoms with E-state index in [1.54, 1.807) is 0 Å². The second-order valence-electron chi connectivity index (χ2n) is 5.76. The second kappa shape index (κ2) is 7.01. The highest BCUT2D eigenvalue weighted by atomic mass is 79.9. The predicted molar refractivity (Wildman–Crippen MR) is 87.7 cm³/mol. The Hall–Kier alpha value is -0.450. The van der Waals surface area contributed by atoms with E-state index in [9.17, 15) is 0 Å². The van der Waals surface area contributed by atoms with E-state index in [0.29, 0.717) is 0 Å². The standard InChI is InChI=1S/C16H26BrN3/c1-3-20(4-2)16(9-5-6-10-16)15(18)11-14-8-7-13(17)12-19-14/h7-8,12,15H,3-6,9-11,18H2,1-2H3. The number of hydrogen-bond acceptors (Lipinski definition) is 3. The second-order valence-corrected chi connectivity index (χ2v) is 6.68. The van der Waals surface area contributed by atoms with E-state index in [2.05, 4.69) is 45.7 Å². The number of rotatable bonds is 6. The minimum Gasteiger partial charge on any atom is -0.326 e. The first-order valence-electron chi connectivity index (χ1n) is 7.73. The van der Waals surface area contributed by atoms with Gasteiger partial charge in [0.1, 0.15) is 0 Å². The van der Waals surface area contributed by atoms with Crippen LogP contribution < -0.4 is 5.73 Å². The Morgan fingerprint density at radius 2 is 1.95 bits per heavy atom. The van der Waals surface area contributed by atoms with Gasteiger partial charge in [0.05, 0.1) is 0 Å². The summed E-state index contributed by atoms with van der Waals surface area (Å²) in [4.78, 5) is 7.06. The summed E-state index contributed by atoms with van der Waals surface area (Å²) in [6.07, 6.45) is 7.79. The van der Waals surface area contributed by atoms with Gasteiger partial charge in [-0.05, 0) is 54.0 Å². The van der Waals surface area contributed by atoms with Crippen molar-refractivity contribution in [3.8, 4) is 0 Å². The van der Waals surface area contributed by atoms with Crippen LogP contribution in [0.1, 0.15) is 45.2 Å². The van der Waals surface area contributed by atoms with Crippen molar-refractivity contribution < 1.29 is 0 Å². The van der Waals surface area contributed by atoms with Gasteiger partial charge in [0.15, 0.2) is 0 Å². The molecular weight excluding hydrogens is 314 g/mol. The van der Waals surface area contributed by atoms with E-state index in [4.69, 9.17) is 5.73 Å². The Morgan fingerprint density at radius 3 is 2.45 bits per heavy atom. The molecule has 112 valence electrons. The van der Waals surface area contributed by atoms with Gasteiger partial charge >= 0.3 is 0 Å². The van der Waals surface area contributed by atoms with Gasteiger partial charge in [-0.2, -0.15) is 0 Å². The molecule has 3 nitrogen and oxygen atoms in total. The first kappa shape index (κ1) is 15.9. The van der Waals surface area contributed by atoms with Crippen LogP contribution in [-0.4, -0.2) is 34.6 Å². The molecule has 0 aliphatic heterocycles. The van der Waals surface area contributed by atoms with Crippen LogP contribution in [0.15, 0.2) is 22.8 Å². The van der Waals surface area contributed by atoms with Crippen molar-refractivity contribution in [1.29, 1.82) is 0 Å². The molecular formula is C16H26BrN3. The third-order valence-corrected chi connectivity index (χ3v) is 5.24. The normalized spacial score (nSPS) is 19.4. The summed E-state index contributed by atoms with van der Waals surface area (Å²) in [6, 6.07) is 4.29. The number of hydrogen-bond donors (Lipinski definition) is 1. The van der Waals surface area contributed by atoms with Crippen LogP contribution in [0.4, 0.5) is 0 Å². The molecule has 1 aromatic rings. The average molecular weight is 340 g/mol. The van der Waals surface area contributed by atoms with E-state index < -0.39 is 0 Å². The molecule has 1 aliphatic rings. The summed E-state index contributed by atoms with van der Waals surface area (Å²) in [5, 5.41) is 0. The number of aromatic nitrogens is 1. The highest BCUT2D eigenvalue weighted by Crippen LogP contribution is 2.38. The molecule has 0 amide bonds. The molecule has 0 bridgehead atoms. The molecule has 1 atom stereocenters. The van der Waals surface area contributed by atoms with Crippen LogP contribution >= 0.6 is 15.9 Å². The van der Waals surface area contributed by atoms with Crippen molar-refractivity contribution >= 4 is 15.9 Å². The van der Waals surface area contributed by atoms with Crippen LogP contribution in [0.5, 0.6) is 0 Å². The van der Waals surface area contributed by atoms with E-state index in [0.717, 1.165) is 29.7 Å². The molecule has 0 saturated heterocycles. The van der Waals surface area contributed by atoms with Gasteiger partial charge in [-0.1, -0.05) is 26.7 Å². The molecule has 1 aromatic heterocycles. The van der Waals surface area contributed by atoms with Crippen LogP contribution in [0.3, 0.4) is 0 Å². The van der Waals surface area contributed by atoms with Gasteiger partial charge in [-0.15, -0.1) is 0 Å². The first-order valence-corrected chi connectivity index (χ1v) is 8.52. The smallest absolute Gasteiger partial charge is 0.0420 e. The van der Waals surface area contributed by atoms with Crippen LogP contribution in [-0.2, 0) is 6.42 Å². The molecule has 1 saturated carbocycles. The van der Waals surface area contributed by atoms with Gasteiger partial charge in [-0.25, -0.2) is 0 Å². The molecule has 0 aromatic carbocycles. The number of likely N-dealkylation sites (N-methyl/N-ethyl adjacent to an activating group) is 1.